The lowest BCUT2D eigenvalue weighted by molar-refractivity contribution is -0.120. The summed E-state index contributed by atoms with van der Waals surface area (Å²) < 4.78 is 0. The Labute approximate surface area is 98.6 Å². The Balaban J connectivity index is 2.50. The van der Waals surface area contributed by atoms with Crippen molar-refractivity contribution in [3.05, 3.63) is 0 Å². The van der Waals surface area contributed by atoms with Gasteiger partial charge in [0.2, 0.25) is 5.91 Å². The molecule has 0 bridgehead atoms. The highest BCUT2D eigenvalue weighted by Crippen LogP contribution is 2.14. The summed E-state index contributed by atoms with van der Waals surface area (Å²) in [6.07, 6.45) is 3.41. The Bertz CT molecular complexity index is 214. The van der Waals surface area contributed by atoms with Crippen molar-refractivity contribution in [3.63, 3.8) is 0 Å². The van der Waals surface area contributed by atoms with Gasteiger partial charge in [-0.05, 0) is 31.8 Å². The van der Waals surface area contributed by atoms with E-state index in [1.165, 1.54) is 0 Å². The summed E-state index contributed by atoms with van der Waals surface area (Å²) >= 11 is 0. The number of carbonyl (C=O) groups excluding carboxylic acids is 1. The molecule has 1 aliphatic heterocycles. The molecule has 1 unspecified atom stereocenters. The molecule has 16 heavy (non-hydrogen) atoms. The lowest BCUT2D eigenvalue weighted by atomic mass is 10.0. The first-order valence-electron chi connectivity index (χ1n) is 6.36. The normalized spacial score (nSPS) is 19.9. The molecule has 1 rings (SSSR count). The number of nitrogens with one attached hydrogen (secondary N) is 1. The summed E-state index contributed by atoms with van der Waals surface area (Å²) in [5, 5.41) is 3.35. The number of hydrogen-bond acceptors (Lipinski definition) is 3. The molecule has 0 saturated carbocycles. The fourth-order valence-corrected chi connectivity index (χ4v) is 2.24. The van der Waals surface area contributed by atoms with E-state index in [1.807, 2.05) is 0 Å². The minimum atomic E-state index is -0.207. The van der Waals surface area contributed by atoms with Crippen molar-refractivity contribution in [1.82, 2.24) is 10.2 Å². The van der Waals surface area contributed by atoms with Crippen LogP contribution >= 0.6 is 0 Å². The molecule has 1 saturated heterocycles. The highest BCUT2D eigenvalue weighted by Gasteiger charge is 2.23. The number of hydrogen-bond donors (Lipinski definition) is 2. The number of primary amides is 1. The predicted molar refractivity (Wildman–Crippen MR) is 66.1 cm³/mol. The quantitative estimate of drug-likeness (QED) is 0.697. The Morgan fingerprint density at radius 2 is 2.12 bits per heavy atom. The third-order valence-electron chi connectivity index (χ3n) is 3.43. The van der Waals surface area contributed by atoms with Crippen LogP contribution < -0.4 is 11.1 Å². The second kappa shape index (κ2) is 6.86. The van der Waals surface area contributed by atoms with Crippen LogP contribution in [0.15, 0.2) is 0 Å². The third-order valence-corrected chi connectivity index (χ3v) is 3.43. The van der Waals surface area contributed by atoms with Gasteiger partial charge in [0.05, 0.1) is 6.54 Å². The molecule has 94 valence electrons. The lowest BCUT2D eigenvalue weighted by Crippen LogP contribution is -2.47. The van der Waals surface area contributed by atoms with Gasteiger partial charge in [0.25, 0.3) is 0 Å². The standard InChI is InChI=1S/C12H25N3O/c1-3-10(2)8-15(9-12(13)16)11-4-6-14-7-5-11/h10-11,14H,3-9H2,1-2H3,(H2,13,16). The number of carbonyl (C=O) groups is 1. The average Bonchev–Trinajstić information content (AvgIpc) is 2.28. The van der Waals surface area contributed by atoms with Crippen LogP contribution in [0.1, 0.15) is 33.1 Å². The molecule has 1 atom stereocenters. The minimum Gasteiger partial charge on any atom is -0.369 e. The molecule has 1 aliphatic rings. The molecule has 0 aliphatic carbocycles. The third kappa shape index (κ3) is 4.49. The van der Waals surface area contributed by atoms with Crippen LogP contribution in [0.4, 0.5) is 0 Å². The van der Waals surface area contributed by atoms with Gasteiger partial charge < -0.3 is 11.1 Å². The number of rotatable bonds is 6. The van der Waals surface area contributed by atoms with Gasteiger partial charge in [-0.3, -0.25) is 9.69 Å². The summed E-state index contributed by atoms with van der Waals surface area (Å²) in [7, 11) is 0. The van der Waals surface area contributed by atoms with Gasteiger partial charge >= 0.3 is 0 Å². The zero-order chi connectivity index (χ0) is 12.0. The number of amides is 1. The largest absolute Gasteiger partial charge is 0.369 e. The van der Waals surface area contributed by atoms with Crippen LogP contribution in [0.5, 0.6) is 0 Å². The molecular formula is C12H25N3O. The number of piperidine rings is 1. The van der Waals surface area contributed by atoms with Crippen molar-refractivity contribution < 1.29 is 4.79 Å². The van der Waals surface area contributed by atoms with Crippen molar-refractivity contribution in [1.29, 1.82) is 0 Å². The number of nitrogens with zero attached hydrogens (tertiary/aromatic N) is 1. The summed E-state index contributed by atoms with van der Waals surface area (Å²) in [6.45, 7) is 7.94. The molecule has 1 amide bonds. The van der Waals surface area contributed by atoms with E-state index in [4.69, 9.17) is 5.73 Å². The highest BCUT2D eigenvalue weighted by molar-refractivity contribution is 5.75. The molecule has 3 N–H and O–H groups in total. The van der Waals surface area contributed by atoms with Crippen molar-refractivity contribution in [2.24, 2.45) is 11.7 Å². The second-order valence-corrected chi connectivity index (χ2v) is 4.89. The van der Waals surface area contributed by atoms with Crippen molar-refractivity contribution in [2.45, 2.75) is 39.2 Å². The van der Waals surface area contributed by atoms with E-state index in [0.29, 0.717) is 18.5 Å². The Morgan fingerprint density at radius 1 is 1.50 bits per heavy atom. The average molecular weight is 227 g/mol. The maximum absolute atomic E-state index is 11.1. The van der Waals surface area contributed by atoms with Gasteiger partial charge in [-0.15, -0.1) is 0 Å². The molecular weight excluding hydrogens is 202 g/mol. The van der Waals surface area contributed by atoms with Gasteiger partial charge in [-0.1, -0.05) is 20.3 Å². The van der Waals surface area contributed by atoms with Crippen molar-refractivity contribution in [3.8, 4) is 0 Å². The first kappa shape index (κ1) is 13.5. The first-order valence-corrected chi connectivity index (χ1v) is 6.36. The zero-order valence-electron chi connectivity index (χ0n) is 10.5. The summed E-state index contributed by atoms with van der Waals surface area (Å²) in [5.74, 6) is 0.427. The van der Waals surface area contributed by atoms with Gasteiger partial charge in [-0.2, -0.15) is 0 Å². The van der Waals surface area contributed by atoms with Gasteiger partial charge in [0.1, 0.15) is 0 Å². The van der Waals surface area contributed by atoms with Gasteiger partial charge in [0, 0.05) is 12.6 Å². The van der Waals surface area contributed by atoms with E-state index in [0.717, 1.165) is 38.9 Å². The minimum absolute atomic E-state index is 0.207. The topological polar surface area (TPSA) is 58.4 Å². The SMILES string of the molecule is CCC(C)CN(CC(N)=O)C1CCNCC1. The van der Waals surface area contributed by atoms with Crippen LogP contribution in [0, 0.1) is 5.92 Å². The van der Waals surface area contributed by atoms with E-state index < -0.39 is 0 Å². The van der Waals surface area contributed by atoms with E-state index in [1.54, 1.807) is 0 Å². The smallest absolute Gasteiger partial charge is 0.231 e. The summed E-state index contributed by atoms with van der Waals surface area (Å²) in [5.41, 5.74) is 5.32. The zero-order valence-corrected chi connectivity index (χ0v) is 10.5. The molecule has 0 aromatic heterocycles. The predicted octanol–water partition coefficient (Wildman–Crippen LogP) is 0.572. The van der Waals surface area contributed by atoms with E-state index >= 15 is 0 Å². The van der Waals surface area contributed by atoms with E-state index in [-0.39, 0.29) is 5.91 Å². The van der Waals surface area contributed by atoms with Crippen LogP contribution in [0.3, 0.4) is 0 Å². The fourth-order valence-electron chi connectivity index (χ4n) is 2.24. The van der Waals surface area contributed by atoms with Gasteiger partial charge in [-0.25, -0.2) is 0 Å². The maximum Gasteiger partial charge on any atom is 0.231 e. The molecule has 0 aromatic rings. The van der Waals surface area contributed by atoms with Crippen LogP contribution in [-0.4, -0.2) is 43.0 Å². The van der Waals surface area contributed by atoms with Crippen LogP contribution in [-0.2, 0) is 4.79 Å². The summed E-state index contributed by atoms with van der Waals surface area (Å²) in [6, 6.07) is 0.530. The first-order chi connectivity index (χ1) is 7.63. The molecule has 1 fully saturated rings. The fraction of sp³-hybridized carbons (Fsp3) is 0.917. The van der Waals surface area contributed by atoms with Crippen LogP contribution in [0.25, 0.3) is 0 Å². The van der Waals surface area contributed by atoms with Crippen molar-refractivity contribution >= 4 is 5.91 Å². The second-order valence-electron chi connectivity index (χ2n) is 4.89. The molecule has 1 heterocycles. The Hall–Kier alpha value is -0.610. The lowest BCUT2D eigenvalue weighted by Gasteiger charge is -2.35. The number of nitrogens with two attached hydrogens (primary N) is 1. The molecule has 0 spiro atoms. The molecule has 0 aromatic carbocycles. The van der Waals surface area contributed by atoms with E-state index in [9.17, 15) is 4.79 Å². The monoisotopic (exact) mass is 227 g/mol. The van der Waals surface area contributed by atoms with Crippen molar-refractivity contribution in [2.75, 3.05) is 26.2 Å². The Morgan fingerprint density at radius 3 is 2.62 bits per heavy atom. The maximum atomic E-state index is 11.1. The molecule has 4 heteroatoms. The Kier molecular flexibility index (Phi) is 5.77. The molecule has 4 nitrogen and oxygen atoms in total. The highest BCUT2D eigenvalue weighted by atomic mass is 16.1. The van der Waals surface area contributed by atoms with Crippen LogP contribution in [0.2, 0.25) is 0 Å². The molecule has 0 radical (unpaired) electrons. The van der Waals surface area contributed by atoms with E-state index in [2.05, 4.69) is 24.1 Å². The van der Waals surface area contributed by atoms with Gasteiger partial charge in [0.15, 0.2) is 0 Å². The summed E-state index contributed by atoms with van der Waals surface area (Å²) in [4.78, 5) is 13.4.